The van der Waals surface area contributed by atoms with Crippen LogP contribution >= 0.6 is 0 Å². The number of likely N-dealkylation sites (tertiary alicyclic amines) is 1. The summed E-state index contributed by atoms with van der Waals surface area (Å²) in [6, 6.07) is 17.0. The highest BCUT2D eigenvalue weighted by Crippen LogP contribution is 2.20. The zero-order valence-electron chi connectivity index (χ0n) is 18.5. The van der Waals surface area contributed by atoms with Gasteiger partial charge in [-0.3, -0.25) is 14.7 Å². The van der Waals surface area contributed by atoms with E-state index in [4.69, 9.17) is 0 Å². The molecule has 162 valence electrons. The summed E-state index contributed by atoms with van der Waals surface area (Å²) in [7, 11) is 1.82. The predicted octanol–water partition coefficient (Wildman–Crippen LogP) is 2.76. The number of aryl methyl sites for hydroxylation is 1. The van der Waals surface area contributed by atoms with Crippen LogP contribution in [0, 0.1) is 6.92 Å². The van der Waals surface area contributed by atoms with Gasteiger partial charge >= 0.3 is 0 Å². The number of unbranched alkanes of at least 4 members (excludes halogenated alkanes) is 1. The lowest BCUT2D eigenvalue weighted by Gasteiger charge is -2.21. The van der Waals surface area contributed by atoms with Crippen molar-refractivity contribution < 1.29 is 0 Å². The molecular weight excluding hydrogens is 374 g/mol. The van der Waals surface area contributed by atoms with Crippen molar-refractivity contribution in [1.82, 2.24) is 20.1 Å². The van der Waals surface area contributed by atoms with Gasteiger partial charge in [0.1, 0.15) is 0 Å². The number of aliphatic imine (C=N–C) groups is 1. The van der Waals surface area contributed by atoms with Crippen molar-refractivity contribution in [2.75, 3.05) is 20.1 Å². The number of nitrogens with zero attached hydrogens (tertiary/aromatic N) is 3. The molecule has 1 aliphatic rings. The topological polar surface area (TPSA) is 61.7 Å². The Balaban J connectivity index is 1.39. The maximum Gasteiger partial charge on any atom is 0.250 e. The molecule has 1 aromatic heterocycles. The Morgan fingerprint density at radius 2 is 1.93 bits per heavy atom. The number of hydrogen-bond acceptors (Lipinski definition) is 3. The molecule has 30 heavy (non-hydrogen) atoms. The number of pyridine rings is 1. The molecule has 3 rings (SSSR count). The molecule has 2 heterocycles. The third kappa shape index (κ3) is 6.20. The van der Waals surface area contributed by atoms with Crippen LogP contribution in [0.5, 0.6) is 0 Å². The molecule has 0 saturated carbocycles. The van der Waals surface area contributed by atoms with E-state index in [0.717, 1.165) is 57.1 Å². The van der Waals surface area contributed by atoms with Crippen molar-refractivity contribution in [3.63, 3.8) is 0 Å². The van der Waals surface area contributed by atoms with Crippen LogP contribution in [0.1, 0.15) is 37.4 Å². The summed E-state index contributed by atoms with van der Waals surface area (Å²) in [4.78, 5) is 18.9. The van der Waals surface area contributed by atoms with Crippen LogP contribution in [0.3, 0.4) is 0 Å². The Morgan fingerprint density at radius 3 is 2.67 bits per heavy atom. The highest BCUT2D eigenvalue weighted by molar-refractivity contribution is 5.80. The van der Waals surface area contributed by atoms with E-state index in [-0.39, 0.29) is 5.56 Å². The molecule has 1 aliphatic heterocycles. The number of nitrogens with one attached hydrogen (secondary N) is 2. The fourth-order valence-electron chi connectivity index (χ4n) is 4.14. The lowest BCUT2D eigenvalue weighted by atomic mass is 10.2. The van der Waals surface area contributed by atoms with Crippen molar-refractivity contribution in [2.24, 2.45) is 4.99 Å². The maximum absolute atomic E-state index is 11.9. The molecule has 0 spiro atoms. The van der Waals surface area contributed by atoms with Gasteiger partial charge in [-0.15, -0.1) is 0 Å². The molecular formula is C24H35N5O. The standard InChI is InChI=1S/C24H35N5O/c1-19-10-9-13-23(30)29(19)15-8-7-14-26-24(25-3)27-22-16-20(2)28(18-22)17-21-11-5-4-6-12-21/h4-6,9-13,20,22H,7-8,14-18H2,1-3H3,(H2,25,26,27). The first kappa shape index (κ1) is 22.1. The molecule has 2 N–H and O–H groups in total. The Kier molecular flexibility index (Phi) is 8.08. The smallest absolute Gasteiger partial charge is 0.250 e. The fraction of sp³-hybridized carbons (Fsp3) is 0.500. The second-order valence-corrected chi connectivity index (χ2v) is 8.20. The second-order valence-electron chi connectivity index (χ2n) is 8.20. The number of hydrogen-bond donors (Lipinski definition) is 2. The molecule has 6 heteroatoms. The van der Waals surface area contributed by atoms with Crippen LogP contribution in [0.4, 0.5) is 0 Å². The Morgan fingerprint density at radius 1 is 1.13 bits per heavy atom. The summed E-state index contributed by atoms with van der Waals surface area (Å²) >= 11 is 0. The van der Waals surface area contributed by atoms with E-state index in [9.17, 15) is 4.79 Å². The summed E-state index contributed by atoms with van der Waals surface area (Å²) in [6.07, 6.45) is 3.06. The Hall–Kier alpha value is -2.60. The van der Waals surface area contributed by atoms with Gasteiger partial charge in [0.15, 0.2) is 5.96 Å². The van der Waals surface area contributed by atoms with Crippen LogP contribution in [-0.4, -0.2) is 47.6 Å². The largest absolute Gasteiger partial charge is 0.356 e. The molecule has 0 amide bonds. The SMILES string of the molecule is CN=C(NCCCCn1c(C)cccc1=O)NC1CC(C)N(Cc2ccccc2)C1. The molecule has 2 aromatic rings. The number of benzene rings is 1. The summed E-state index contributed by atoms with van der Waals surface area (Å²) < 4.78 is 1.84. The van der Waals surface area contributed by atoms with Crippen LogP contribution in [-0.2, 0) is 13.1 Å². The van der Waals surface area contributed by atoms with Crippen LogP contribution in [0.2, 0.25) is 0 Å². The van der Waals surface area contributed by atoms with Crippen LogP contribution < -0.4 is 16.2 Å². The molecule has 2 atom stereocenters. The highest BCUT2D eigenvalue weighted by atomic mass is 16.1. The summed E-state index contributed by atoms with van der Waals surface area (Å²) in [5, 5.41) is 7.00. The monoisotopic (exact) mass is 409 g/mol. The molecule has 1 saturated heterocycles. The lowest BCUT2D eigenvalue weighted by molar-refractivity contribution is 0.258. The Labute approximate surface area is 180 Å². The predicted molar refractivity (Wildman–Crippen MR) is 124 cm³/mol. The number of guanidine groups is 1. The average molecular weight is 410 g/mol. The van der Waals surface area contributed by atoms with Gasteiger partial charge in [0, 0.05) is 57.1 Å². The van der Waals surface area contributed by atoms with E-state index in [1.54, 1.807) is 6.07 Å². The van der Waals surface area contributed by atoms with Gasteiger partial charge in [0.05, 0.1) is 0 Å². The maximum atomic E-state index is 11.9. The normalized spacial score (nSPS) is 19.8. The van der Waals surface area contributed by atoms with Gasteiger partial charge in [-0.2, -0.15) is 0 Å². The highest BCUT2D eigenvalue weighted by Gasteiger charge is 2.29. The zero-order valence-corrected chi connectivity index (χ0v) is 18.5. The summed E-state index contributed by atoms with van der Waals surface area (Å²) in [5.74, 6) is 0.863. The fourth-order valence-corrected chi connectivity index (χ4v) is 4.14. The van der Waals surface area contributed by atoms with E-state index in [0.29, 0.717) is 12.1 Å². The first-order valence-corrected chi connectivity index (χ1v) is 11.0. The first-order chi connectivity index (χ1) is 14.6. The molecule has 0 bridgehead atoms. The van der Waals surface area contributed by atoms with Gasteiger partial charge in [0.25, 0.3) is 5.56 Å². The second kappa shape index (κ2) is 11.0. The van der Waals surface area contributed by atoms with Crippen molar-refractivity contribution in [2.45, 2.75) is 58.3 Å². The lowest BCUT2D eigenvalue weighted by Crippen LogP contribution is -2.44. The molecule has 0 aliphatic carbocycles. The van der Waals surface area contributed by atoms with Crippen LogP contribution in [0.15, 0.2) is 58.3 Å². The third-order valence-corrected chi connectivity index (χ3v) is 5.87. The van der Waals surface area contributed by atoms with Gasteiger partial charge in [-0.25, -0.2) is 0 Å². The molecule has 1 fully saturated rings. The Bertz CT molecular complexity index is 877. The van der Waals surface area contributed by atoms with Crippen molar-refractivity contribution in [3.05, 3.63) is 70.1 Å². The van der Waals surface area contributed by atoms with Crippen molar-refractivity contribution >= 4 is 5.96 Å². The van der Waals surface area contributed by atoms with E-state index in [1.807, 2.05) is 30.7 Å². The quantitative estimate of drug-likeness (QED) is 0.400. The van der Waals surface area contributed by atoms with Crippen molar-refractivity contribution in [3.8, 4) is 0 Å². The minimum absolute atomic E-state index is 0.0795. The van der Waals surface area contributed by atoms with Gasteiger partial charge in [-0.1, -0.05) is 36.4 Å². The molecule has 2 unspecified atom stereocenters. The van der Waals surface area contributed by atoms with Crippen molar-refractivity contribution in [1.29, 1.82) is 0 Å². The van der Waals surface area contributed by atoms with Crippen LogP contribution in [0.25, 0.3) is 0 Å². The minimum atomic E-state index is 0.0795. The third-order valence-electron chi connectivity index (χ3n) is 5.87. The molecule has 6 nitrogen and oxygen atoms in total. The number of aromatic nitrogens is 1. The molecule has 1 aromatic carbocycles. The minimum Gasteiger partial charge on any atom is -0.356 e. The zero-order chi connectivity index (χ0) is 21.3. The van der Waals surface area contributed by atoms with Gasteiger partial charge in [-0.05, 0) is 44.7 Å². The molecule has 0 radical (unpaired) electrons. The summed E-state index contributed by atoms with van der Waals surface area (Å²) in [5.41, 5.74) is 2.46. The number of rotatable bonds is 8. The van der Waals surface area contributed by atoms with Gasteiger partial charge < -0.3 is 15.2 Å². The van der Waals surface area contributed by atoms with E-state index < -0.39 is 0 Å². The average Bonchev–Trinajstić information content (AvgIpc) is 3.08. The van der Waals surface area contributed by atoms with Gasteiger partial charge in [0.2, 0.25) is 0 Å². The first-order valence-electron chi connectivity index (χ1n) is 11.0. The van der Waals surface area contributed by atoms with E-state index in [1.165, 1.54) is 5.56 Å². The van der Waals surface area contributed by atoms with E-state index >= 15 is 0 Å². The van der Waals surface area contributed by atoms with E-state index in [2.05, 4.69) is 57.8 Å². The summed E-state index contributed by atoms with van der Waals surface area (Å²) in [6.45, 7) is 7.89.